The lowest BCUT2D eigenvalue weighted by molar-refractivity contribution is 0.0169. The van der Waals surface area contributed by atoms with Crippen LogP contribution in [0.5, 0.6) is 11.5 Å². The van der Waals surface area contributed by atoms with Crippen LogP contribution in [0.15, 0.2) is 47.5 Å². The maximum Gasteiger partial charge on any atom is 0.191 e. The summed E-state index contributed by atoms with van der Waals surface area (Å²) >= 11 is 0. The molecule has 1 aliphatic heterocycles. The molecule has 2 aromatic carbocycles. The molecule has 0 aromatic heterocycles. The Morgan fingerprint density at radius 3 is 2.45 bits per heavy atom. The van der Waals surface area contributed by atoms with Crippen molar-refractivity contribution in [3.8, 4) is 11.5 Å². The molecule has 8 heteroatoms. The molecule has 0 amide bonds. The fourth-order valence-corrected chi connectivity index (χ4v) is 3.89. The van der Waals surface area contributed by atoms with Crippen LogP contribution in [-0.2, 0) is 11.3 Å². The Kier molecular flexibility index (Phi) is 11.8. The fourth-order valence-electron chi connectivity index (χ4n) is 3.89. The van der Waals surface area contributed by atoms with Crippen LogP contribution in [0.4, 0.5) is 0 Å². The van der Waals surface area contributed by atoms with Crippen molar-refractivity contribution in [3.05, 3.63) is 59.2 Å². The van der Waals surface area contributed by atoms with Crippen LogP contribution < -0.4 is 20.1 Å². The molecule has 7 nitrogen and oxygen atoms in total. The molecule has 1 heterocycles. The molecule has 0 bridgehead atoms. The summed E-state index contributed by atoms with van der Waals surface area (Å²) in [4.78, 5) is 7.27. The van der Waals surface area contributed by atoms with E-state index in [1.807, 2.05) is 6.07 Å². The number of rotatable bonds is 9. The number of aryl methyl sites for hydroxylation is 1. The van der Waals surface area contributed by atoms with Crippen molar-refractivity contribution in [2.24, 2.45) is 4.99 Å². The van der Waals surface area contributed by atoms with Crippen molar-refractivity contribution in [1.29, 1.82) is 0 Å². The Bertz CT molecular complexity index is 888. The molecule has 2 aromatic rings. The number of halogens is 1. The van der Waals surface area contributed by atoms with E-state index in [9.17, 15) is 0 Å². The normalized spacial score (nSPS) is 15.3. The highest BCUT2D eigenvalue weighted by atomic mass is 127. The number of hydrogen-bond acceptors (Lipinski definition) is 5. The third kappa shape index (κ3) is 7.75. The van der Waals surface area contributed by atoms with E-state index < -0.39 is 0 Å². The third-order valence-electron chi connectivity index (χ3n) is 5.75. The summed E-state index contributed by atoms with van der Waals surface area (Å²) in [6.45, 7) is 9.62. The summed E-state index contributed by atoms with van der Waals surface area (Å²) in [6, 6.07) is 14.7. The minimum Gasteiger partial charge on any atom is -0.493 e. The largest absolute Gasteiger partial charge is 0.493 e. The SMILES string of the molecule is CCNC(=NCc1ccccc1C)NCC(c1ccc(OC)c(OC)c1)N1CCOCC1.I. The van der Waals surface area contributed by atoms with E-state index in [2.05, 4.69) is 65.8 Å². The first kappa shape index (κ1) is 27.2. The Morgan fingerprint density at radius 2 is 1.79 bits per heavy atom. The standard InChI is InChI=1S/C25H36N4O3.HI/c1-5-26-25(27-17-21-9-7-6-8-19(21)2)28-18-22(29-12-14-32-15-13-29)20-10-11-23(30-3)24(16-20)31-4;/h6-11,16,22H,5,12-15,17-18H2,1-4H3,(H2,26,27,28);1H. The van der Waals surface area contributed by atoms with Gasteiger partial charge in [-0.3, -0.25) is 4.90 Å². The summed E-state index contributed by atoms with van der Waals surface area (Å²) < 4.78 is 16.6. The molecule has 2 N–H and O–H groups in total. The highest BCUT2D eigenvalue weighted by Gasteiger charge is 2.24. The molecule has 0 spiro atoms. The second kappa shape index (κ2) is 14.3. The van der Waals surface area contributed by atoms with Crippen molar-refractivity contribution >= 4 is 29.9 Å². The Morgan fingerprint density at radius 1 is 1.06 bits per heavy atom. The minimum atomic E-state index is 0. The van der Waals surface area contributed by atoms with E-state index in [0.717, 1.165) is 56.9 Å². The summed E-state index contributed by atoms with van der Waals surface area (Å²) in [6.07, 6.45) is 0. The molecular weight excluding hydrogens is 531 g/mol. The van der Waals surface area contributed by atoms with Crippen LogP contribution >= 0.6 is 24.0 Å². The van der Waals surface area contributed by atoms with Crippen molar-refractivity contribution in [2.45, 2.75) is 26.4 Å². The quantitative estimate of drug-likeness (QED) is 0.273. The first-order valence-electron chi connectivity index (χ1n) is 11.3. The number of nitrogens with zero attached hydrogens (tertiary/aromatic N) is 2. The van der Waals surface area contributed by atoms with Gasteiger partial charge in [0.05, 0.1) is 40.0 Å². The van der Waals surface area contributed by atoms with Gasteiger partial charge in [0.15, 0.2) is 17.5 Å². The van der Waals surface area contributed by atoms with Gasteiger partial charge in [-0.25, -0.2) is 4.99 Å². The van der Waals surface area contributed by atoms with Crippen LogP contribution in [0.1, 0.15) is 29.7 Å². The molecule has 0 saturated carbocycles. The van der Waals surface area contributed by atoms with Crippen LogP contribution in [0.2, 0.25) is 0 Å². The van der Waals surface area contributed by atoms with Crippen LogP contribution in [0, 0.1) is 6.92 Å². The number of nitrogens with one attached hydrogen (secondary N) is 2. The third-order valence-corrected chi connectivity index (χ3v) is 5.75. The molecule has 1 saturated heterocycles. The highest BCUT2D eigenvalue weighted by Crippen LogP contribution is 2.32. The van der Waals surface area contributed by atoms with E-state index in [4.69, 9.17) is 19.2 Å². The van der Waals surface area contributed by atoms with Gasteiger partial charge < -0.3 is 24.8 Å². The number of aliphatic imine (C=N–C) groups is 1. The lowest BCUT2D eigenvalue weighted by atomic mass is 10.0. The molecule has 1 unspecified atom stereocenters. The van der Waals surface area contributed by atoms with E-state index in [0.29, 0.717) is 6.54 Å². The number of hydrogen-bond donors (Lipinski definition) is 2. The average Bonchev–Trinajstić information content (AvgIpc) is 2.84. The van der Waals surface area contributed by atoms with Crippen molar-refractivity contribution in [3.63, 3.8) is 0 Å². The number of ether oxygens (including phenoxy) is 3. The zero-order valence-corrected chi connectivity index (χ0v) is 22.4. The van der Waals surface area contributed by atoms with E-state index in [1.54, 1.807) is 14.2 Å². The predicted octanol–water partition coefficient (Wildman–Crippen LogP) is 3.76. The molecular formula is C25H37IN4O3. The maximum absolute atomic E-state index is 5.59. The van der Waals surface area contributed by atoms with Gasteiger partial charge >= 0.3 is 0 Å². The van der Waals surface area contributed by atoms with Gasteiger partial charge in [-0.1, -0.05) is 30.3 Å². The topological polar surface area (TPSA) is 67.4 Å². The van der Waals surface area contributed by atoms with Crippen molar-refractivity contribution < 1.29 is 14.2 Å². The van der Waals surface area contributed by atoms with Crippen molar-refractivity contribution in [1.82, 2.24) is 15.5 Å². The van der Waals surface area contributed by atoms with Gasteiger partial charge in [0, 0.05) is 26.2 Å². The first-order chi connectivity index (χ1) is 15.7. The molecule has 1 aliphatic rings. The van der Waals surface area contributed by atoms with Gasteiger partial charge in [-0.15, -0.1) is 24.0 Å². The van der Waals surface area contributed by atoms with E-state index in [1.165, 1.54) is 16.7 Å². The fraction of sp³-hybridized carbons (Fsp3) is 0.480. The number of methoxy groups -OCH3 is 2. The zero-order valence-electron chi connectivity index (χ0n) is 20.1. The van der Waals surface area contributed by atoms with Gasteiger partial charge in [-0.05, 0) is 42.7 Å². The summed E-state index contributed by atoms with van der Waals surface area (Å²) in [5.41, 5.74) is 3.66. The predicted molar refractivity (Wildman–Crippen MR) is 144 cm³/mol. The molecule has 182 valence electrons. The number of morpholine rings is 1. The minimum absolute atomic E-state index is 0. The summed E-state index contributed by atoms with van der Waals surface area (Å²) in [5, 5.41) is 6.93. The number of guanidine groups is 1. The number of benzene rings is 2. The average molecular weight is 569 g/mol. The van der Waals surface area contributed by atoms with Gasteiger partial charge in [0.2, 0.25) is 0 Å². The van der Waals surface area contributed by atoms with Gasteiger partial charge in [0.25, 0.3) is 0 Å². The molecule has 1 fully saturated rings. The summed E-state index contributed by atoms with van der Waals surface area (Å²) in [5.74, 6) is 2.29. The first-order valence-corrected chi connectivity index (χ1v) is 11.3. The zero-order chi connectivity index (χ0) is 22.8. The lowest BCUT2D eigenvalue weighted by Gasteiger charge is -2.35. The molecule has 0 radical (unpaired) electrons. The smallest absolute Gasteiger partial charge is 0.191 e. The van der Waals surface area contributed by atoms with Gasteiger partial charge in [0.1, 0.15) is 0 Å². The lowest BCUT2D eigenvalue weighted by Crippen LogP contribution is -2.46. The van der Waals surface area contributed by atoms with Crippen LogP contribution in [-0.4, -0.2) is 64.5 Å². The highest BCUT2D eigenvalue weighted by molar-refractivity contribution is 14.0. The second-order valence-corrected chi connectivity index (χ2v) is 7.78. The molecule has 33 heavy (non-hydrogen) atoms. The Hall–Kier alpha value is -2.04. The second-order valence-electron chi connectivity index (χ2n) is 7.78. The maximum atomic E-state index is 5.59. The Labute approximate surface area is 214 Å². The molecule has 0 aliphatic carbocycles. The van der Waals surface area contributed by atoms with Crippen LogP contribution in [0.25, 0.3) is 0 Å². The van der Waals surface area contributed by atoms with E-state index >= 15 is 0 Å². The summed E-state index contributed by atoms with van der Waals surface area (Å²) in [7, 11) is 3.33. The van der Waals surface area contributed by atoms with E-state index in [-0.39, 0.29) is 30.0 Å². The van der Waals surface area contributed by atoms with Crippen molar-refractivity contribution in [2.75, 3.05) is 53.6 Å². The monoisotopic (exact) mass is 568 g/mol. The molecule has 1 atom stereocenters. The molecule has 3 rings (SSSR count). The van der Waals surface area contributed by atoms with Crippen LogP contribution in [0.3, 0.4) is 0 Å². The Balaban J connectivity index is 0.00000385. The van der Waals surface area contributed by atoms with Gasteiger partial charge in [-0.2, -0.15) is 0 Å².